The van der Waals surface area contributed by atoms with Gasteiger partial charge in [-0.1, -0.05) is 50.3 Å². The highest BCUT2D eigenvalue weighted by molar-refractivity contribution is 6.13. The Hall–Kier alpha value is -4.12. The number of allylic oxidation sites excluding steroid dienone is 1. The highest BCUT2D eigenvalue weighted by Gasteiger charge is 2.18. The number of pyridine rings is 1. The summed E-state index contributed by atoms with van der Waals surface area (Å²) in [5.41, 5.74) is 5.57. The minimum atomic E-state index is -0.193. The molecule has 2 aromatic heterocycles. The lowest BCUT2D eigenvalue weighted by Crippen LogP contribution is -2.08. The Labute approximate surface area is 243 Å². The van der Waals surface area contributed by atoms with Crippen LogP contribution in [0.3, 0.4) is 0 Å². The van der Waals surface area contributed by atoms with Gasteiger partial charge in [0, 0.05) is 29.4 Å². The van der Waals surface area contributed by atoms with Crippen LogP contribution >= 0.6 is 0 Å². The smallest absolute Gasteiger partial charge is 0.305 e. The molecule has 0 bridgehead atoms. The van der Waals surface area contributed by atoms with Gasteiger partial charge in [-0.3, -0.25) is 9.59 Å². The summed E-state index contributed by atoms with van der Waals surface area (Å²) in [7, 11) is 0. The lowest BCUT2D eigenvalue weighted by Gasteiger charge is -2.20. The fourth-order valence-electron chi connectivity index (χ4n) is 5.15. The second kappa shape index (κ2) is 14.5. The fourth-order valence-corrected chi connectivity index (χ4v) is 5.15. The molecule has 0 saturated carbocycles. The van der Waals surface area contributed by atoms with Crippen molar-refractivity contribution in [3.05, 3.63) is 120 Å². The first-order chi connectivity index (χ1) is 19.9. The average molecular weight is 552 g/mol. The van der Waals surface area contributed by atoms with E-state index in [0.29, 0.717) is 42.9 Å². The van der Waals surface area contributed by atoms with E-state index in [2.05, 4.69) is 44.7 Å². The molecule has 214 valence electrons. The molecule has 0 spiro atoms. The number of esters is 1. The van der Waals surface area contributed by atoms with Crippen LogP contribution in [0.5, 0.6) is 5.75 Å². The van der Waals surface area contributed by atoms with Crippen molar-refractivity contribution >= 4 is 17.3 Å². The van der Waals surface area contributed by atoms with Crippen molar-refractivity contribution < 1.29 is 19.1 Å². The molecule has 0 N–H and O–H groups in total. The standard InChI is InChI=1S/C36H41NO4/c1-5-7-13-34(28-17-15-27(16-18-28)24-26(3)4)41-31-21-19-29(20-22-31)36(39)32-25-30(11-10-14-35(38)40-6-2)37-23-9-8-12-33(32)37/h5,8-9,12,15-23,25-26,34H,1,6-7,10-11,13-14,24H2,2-4H3. The highest BCUT2D eigenvalue weighted by Crippen LogP contribution is 2.28. The second-order valence-electron chi connectivity index (χ2n) is 10.8. The van der Waals surface area contributed by atoms with Crippen LogP contribution < -0.4 is 4.74 Å². The van der Waals surface area contributed by atoms with E-state index in [0.717, 1.165) is 41.8 Å². The van der Waals surface area contributed by atoms with Crippen molar-refractivity contribution in [3.63, 3.8) is 0 Å². The van der Waals surface area contributed by atoms with Crippen LogP contribution in [0.1, 0.15) is 85.3 Å². The first-order valence-electron chi connectivity index (χ1n) is 14.6. The molecule has 2 aromatic carbocycles. The fraction of sp³-hybridized carbons (Fsp3) is 0.333. The number of carbonyl (C=O) groups is 2. The van der Waals surface area contributed by atoms with Crippen molar-refractivity contribution in [3.8, 4) is 5.75 Å². The average Bonchev–Trinajstić information content (AvgIpc) is 3.34. The number of fused-ring (bicyclic) bond motifs is 1. The van der Waals surface area contributed by atoms with Crippen LogP contribution in [0.15, 0.2) is 91.6 Å². The molecule has 2 heterocycles. The molecular formula is C36H41NO4. The first-order valence-corrected chi connectivity index (χ1v) is 14.6. The predicted octanol–water partition coefficient (Wildman–Crippen LogP) is 8.34. The number of benzene rings is 2. The molecule has 4 rings (SSSR count). The summed E-state index contributed by atoms with van der Waals surface area (Å²) >= 11 is 0. The van der Waals surface area contributed by atoms with Gasteiger partial charge in [0.05, 0.1) is 12.1 Å². The van der Waals surface area contributed by atoms with Crippen molar-refractivity contribution in [2.24, 2.45) is 5.92 Å². The van der Waals surface area contributed by atoms with Crippen molar-refractivity contribution in [2.75, 3.05) is 6.61 Å². The number of ketones is 1. The van der Waals surface area contributed by atoms with Crippen LogP contribution in [0, 0.1) is 5.92 Å². The topological polar surface area (TPSA) is 57.0 Å². The van der Waals surface area contributed by atoms with E-state index < -0.39 is 0 Å². The van der Waals surface area contributed by atoms with Crippen LogP contribution in [-0.4, -0.2) is 22.8 Å². The second-order valence-corrected chi connectivity index (χ2v) is 10.8. The summed E-state index contributed by atoms with van der Waals surface area (Å²) < 4.78 is 13.5. The molecule has 1 atom stereocenters. The Morgan fingerprint density at radius 1 is 1.00 bits per heavy atom. The molecule has 5 nitrogen and oxygen atoms in total. The minimum Gasteiger partial charge on any atom is -0.486 e. The number of hydrogen-bond donors (Lipinski definition) is 0. The maximum Gasteiger partial charge on any atom is 0.305 e. The molecule has 0 amide bonds. The molecule has 0 saturated heterocycles. The summed E-state index contributed by atoms with van der Waals surface area (Å²) in [6, 6.07) is 23.9. The normalized spacial score (nSPS) is 11.9. The summed E-state index contributed by atoms with van der Waals surface area (Å²) in [6.07, 6.45) is 8.19. The van der Waals surface area contributed by atoms with Gasteiger partial charge in [-0.15, -0.1) is 6.58 Å². The molecule has 0 aliphatic rings. The molecule has 0 aliphatic carbocycles. The zero-order valence-electron chi connectivity index (χ0n) is 24.5. The minimum absolute atomic E-state index is 0.0409. The third-order valence-electron chi connectivity index (χ3n) is 7.14. The predicted molar refractivity (Wildman–Crippen MR) is 165 cm³/mol. The lowest BCUT2D eigenvalue weighted by molar-refractivity contribution is -0.143. The summed E-state index contributed by atoms with van der Waals surface area (Å²) in [5.74, 6) is 1.11. The van der Waals surface area contributed by atoms with Gasteiger partial charge in [-0.25, -0.2) is 0 Å². The maximum absolute atomic E-state index is 13.6. The van der Waals surface area contributed by atoms with E-state index in [4.69, 9.17) is 9.47 Å². The van der Waals surface area contributed by atoms with Gasteiger partial charge < -0.3 is 13.9 Å². The van der Waals surface area contributed by atoms with E-state index in [9.17, 15) is 9.59 Å². The third-order valence-corrected chi connectivity index (χ3v) is 7.14. The quantitative estimate of drug-likeness (QED) is 0.0846. The molecule has 5 heteroatoms. The van der Waals surface area contributed by atoms with Crippen molar-refractivity contribution in [2.45, 2.75) is 65.4 Å². The Balaban J connectivity index is 1.49. The van der Waals surface area contributed by atoms with Crippen molar-refractivity contribution in [1.29, 1.82) is 0 Å². The van der Waals surface area contributed by atoms with Gasteiger partial charge in [-0.05, 0) is 98.5 Å². The van der Waals surface area contributed by atoms with Gasteiger partial charge >= 0.3 is 5.97 Å². The largest absolute Gasteiger partial charge is 0.486 e. The zero-order chi connectivity index (χ0) is 29.2. The SMILES string of the molecule is C=CCCC(Oc1ccc(C(=O)c2cc(CCCC(=O)OCC)n3ccccc23)cc1)c1ccc(CC(C)C)cc1. The molecule has 0 radical (unpaired) electrons. The van der Waals surface area contributed by atoms with Gasteiger partial charge in [0.15, 0.2) is 5.78 Å². The number of ether oxygens (including phenoxy) is 2. The molecule has 4 aromatic rings. The Morgan fingerprint density at radius 3 is 2.44 bits per heavy atom. The number of aryl methyl sites for hydroxylation is 1. The van der Waals surface area contributed by atoms with E-state index in [1.54, 1.807) is 0 Å². The van der Waals surface area contributed by atoms with Crippen LogP contribution in [-0.2, 0) is 22.4 Å². The van der Waals surface area contributed by atoms with E-state index in [1.165, 1.54) is 5.56 Å². The number of aromatic nitrogens is 1. The number of rotatable bonds is 15. The maximum atomic E-state index is 13.6. The van der Waals surface area contributed by atoms with E-state index in [-0.39, 0.29) is 17.9 Å². The Kier molecular flexibility index (Phi) is 10.6. The molecule has 41 heavy (non-hydrogen) atoms. The monoisotopic (exact) mass is 551 g/mol. The van der Waals surface area contributed by atoms with Crippen molar-refractivity contribution in [1.82, 2.24) is 4.40 Å². The molecule has 0 fully saturated rings. The molecule has 1 unspecified atom stereocenters. The van der Waals surface area contributed by atoms with Gasteiger partial charge in [0.2, 0.25) is 0 Å². The molecular weight excluding hydrogens is 510 g/mol. The number of carbonyl (C=O) groups excluding carboxylic acids is 2. The highest BCUT2D eigenvalue weighted by atomic mass is 16.5. The van der Waals surface area contributed by atoms with Gasteiger partial charge in [0.1, 0.15) is 11.9 Å². The summed E-state index contributed by atoms with van der Waals surface area (Å²) in [5, 5.41) is 0. The van der Waals surface area contributed by atoms with E-state index >= 15 is 0 Å². The summed E-state index contributed by atoms with van der Waals surface area (Å²) in [4.78, 5) is 25.4. The number of hydrogen-bond acceptors (Lipinski definition) is 4. The van der Waals surface area contributed by atoms with E-state index in [1.807, 2.05) is 72.1 Å². The number of nitrogens with zero attached hydrogens (tertiary/aromatic N) is 1. The van der Waals surface area contributed by atoms with Gasteiger partial charge in [-0.2, -0.15) is 0 Å². The van der Waals surface area contributed by atoms with Crippen LogP contribution in [0.4, 0.5) is 0 Å². The molecule has 0 aliphatic heterocycles. The Bertz CT molecular complexity index is 1450. The Morgan fingerprint density at radius 2 is 1.76 bits per heavy atom. The first kappa shape index (κ1) is 29.9. The third kappa shape index (κ3) is 7.97. The lowest BCUT2D eigenvalue weighted by atomic mass is 9.98. The van der Waals surface area contributed by atoms with Gasteiger partial charge in [0.25, 0.3) is 0 Å². The van der Waals surface area contributed by atoms with Crippen LogP contribution in [0.25, 0.3) is 5.52 Å². The summed E-state index contributed by atoms with van der Waals surface area (Å²) in [6.45, 7) is 10.5. The van der Waals surface area contributed by atoms with Crippen LogP contribution in [0.2, 0.25) is 0 Å². The zero-order valence-corrected chi connectivity index (χ0v) is 24.5.